The number of aromatic nitrogens is 1. The van der Waals surface area contributed by atoms with Crippen LogP contribution < -0.4 is 5.32 Å². The molecule has 2 aromatic rings. The molecular weight excluding hydrogens is 286 g/mol. The predicted molar refractivity (Wildman–Crippen MR) is 85.2 cm³/mol. The molecule has 0 bridgehead atoms. The molecule has 6 heteroatoms. The normalized spacial score (nSPS) is 15.0. The number of hydrogen-bond donors (Lipinski definition) is 2. The van der Waals surface area contributed by atoms with Crippen molar-refractivity contribution in [2.75, 3.05) is 5.32 Å². The predicted octanol–water partition coefficient (Wildman–Crippen LogP) is 3.45. The van der Waals surface area contributed by atoms with Crippen molar-refractivity contribution >= 4 is 45.4 Å². The minimum Gasteiger partial charge on any atom is -0.492 e. The highest BCUT2D eigenvalue weighted by molar-refractivity contribution is 7.17. The zero-order valence-corrected chi connectivity index (χ0v) is 12.4. The number of carbonyl (C=O) groups excluding carboxylic acids is 1. The highest BCUT2D eigenvalue weighted by Gasteiger charge is 2.18. The maximum atomic E-state index is 11.0. The molecular formula is C15H13N3O2S. The minimum atomic E-state index is -0.216. The Morgan fingerprint density at radius 1 is 1.38 bits per heavy atom. The van der Waals surface area contributed by atoms with Gasteiger partial charge in [0.2, 0.25) is 11.8 Å². The summed E-state index contributed by atoms with van der Waals surface area (Å²) in [7, 11) is 0. The maximum absolute atomic E-state index is 11.0. The fourth-order valence-electron chi connectivity index (χ4n) is 2.17. The van der Waals surface area contributed by atoms with Crippen LogP contribution in [0.1, 0.15) is 24.3 Å². The average Bonchev–Trinajstić information content (AvgIpc) is 2.91. The Balaban J connectivity index is 2.01. The number of nitrogens with one attached hydrogen (secondary N) is 1. The summed E-state index contributed by atoms with van der Waals surface area (Å²) in [4.78, 5) is 20.1. The Morgan fingerprint density at radius 2 is 2.14 bits per heavy atom. The lowest BCUT2D eigenvalue weighted by atomic mass is 10.0. The quantitative estimate of drug-likeness (QED) is 0.891. The van der Waals surface area contributed by atoms with Gasteiger partial charge in [0.25, 0.3) is 0 Å². The first-order valence-corrected chi connectivity index (χ1v) is 7.20. The van der Waals surface area contributed by atoms with Crippen molar-refractivity contribution in [3.8, 4) is 5.88 Å². The zero-order valence-electron chi connectivity index (χ0n) is 11.5. The molecule has 0 radical (unpaired) electrons. The van der Waals surface area contributed by atoms with Gasteiger partial charge >= 0.3 is 0 Å². The second kappa shape index (κ2) is 5.14. The molecule has 1 aromatic heterocycles. The Kier molecular flexibility index (Phi) is 3.31. The zero-order chi connectivity index (χ0) is 15.0. The first-order valence-electron chi connectivity index (χ1n) is 6.39. The van der Waals surface area contributed by atoms with Gasteiger partial charge in [-0.05, 0) is 19.1 Å². The van der Waals surface area contributed by atoms with E-state index in [9.17, 15) is 9.90 Å². The molecule has 1 amide bonds. The molecule has 1 aliphatic heterocycles. The third kappa shape index (κ3) is 2.57. The van der Waals surface area contributed by atoms with Crippen molar-refractivity contribution in [3.63, 3.8) is 0 Å². The lowest BCUT2D eigenvalue weighted by Gasteiger charge is -2.00. The molecule has 1 aliphatic rings. The highest BCUT2D eigenvalue weighted by Crippen LogP contribution is 2.38. The van der Waals surface area contributed by atoms with Crippen molar-refractivity contribution < 1.29 is 9.90 Å². The van der Waals surface area contributed by atoms with Gasteiger partial charge < -0.3 is 10.4 Å². The SMILES string of the molecule is CC(=O)Nc1nc(O)c(/C=C2/C(C)=Nc3ccccc32)s1. The second-order valence-electron chi connectivity index (χ2n) is 4.66. The van der Waals surface area contributed by atoms with E-state index >= 15 is 0 Å². The molecule has 0 saturated carbocycles. The van der Waals surface area contributed by atoms with Crippen molar-refractivity contribution in [2.24, 2.45) is 4.99 Å². The van der Waals surface area contributed by atoms with Crippen LogP contribution in [-0.2, 0) is 4.79 Å². The summed E-state index contributed by atoms with van der Waals surface area (Å²) in [6.45, 7) is 3.33. The average molecular weight is 299 g/mol. The lowest BCUT2D eigenvalue weighted by molar-refractivity contribution is -0.114. The molecule has 21 heavy (non-hydrogen) atoms. The first kappa shape index (κ1) is 13.5. The molecule has 1 aromatic carbocycles. The molecule has 5 nitrogen and oxygen atoms in total. The van der Waals surface area contributed by atoms with E-state index in [1.807, 2.05) is 37.3 Å². The molecule has 2 heterocycles. The van der Waals surface area contributed by atoms with Gasteiger partial charge in [-0.15, -0.1) is 0 Å². The van der Waals surface area contributed by atoms with E-state index in [0.717, 1.165) is 22.5 Å². The number of benzene rings is 1. The first-order chi connectivity index (χ1) is 10.0. The third-order valence-electron chi connectivity index (χ3n) is 3.07. The number of allylic oxidation sites excluding steroid dienone is 1. The highest BCUT2D eigenvalue weighted by atomic mass is 32.1. The Labute approximate surface area is 125 Å². The molecule has 0 spiro atoms. The number of hydrogen-bond acceptors (Lipinski definition) is 5. The van der Waals surface area contributed by atoms with Crippen LogP contribution in [0.2, 0.25) is 0 Å². The van der Waals surface area contributed by atoms with E-state index in [1.54, 1.807) is 0 Å². The summed E-state index contributed by atoms with van der Waals surface area (Å²) in [5.41, 5.74) is 3.81. The van der Waals surface area contributed by atoms with Crippen LogP contribution in [0, 0.1) is 0 Å². The van der Waals surface area contributed by atoms with E-state index in [4.69, 9.17) is 0 Å². The maximum Gasteiger partial charge on any atom is 0.231 e. The third-order valence-corrected chi connectivity index (χ3v) is 3.97. The number of anilines is 1. The van der Waals surface area contributed by atoms with Crippen LogP contribution in [0.3, 0.4) is 0 Å². The Hall–Kier alpha value is -2.47. The summed E-state index contributed by atoms with van der Waals surface area (Å²) in [6, 6.07) is 7.84. The van der Waals surface area contributed by atoms with Gasteiger partial charge in [-0.3, -0.25) is 9.79 Å². The summed E-state index contributed by atoms with van der Waals surface area (Å²) < 4.78 is 0. The van der Waals surface area contributed by atoms with Crippen molar-refractivity contribution in [1.82, 2.24) is 4.98 Å². The van der Waals surface area contributed by atoms with E-state index in [1.165, 1.54) is 18.3 Å². The summed E-state index contributed by atoms with van der Waals surface area (Å²) in [6.07, 6.45) is 1.85. The number of nitrogens with zero attached hydrogens (tertiary/aromatic N) is 2. The van der Waals surface area contributed by atoms with Gasteiger partial charge in [0.05, 0.1) is 10.6 Å². The second-order valence-corrected chi connectivity index (χ2v) is 5.69. The number of para-hydroxylation sites is 1. The number of rotatable bonds is 2. The van der Waals surface area contributed by atoms with Crippen molar-refractivity contribution in [3.05, 3.63) is 34.7 Å². The van der Waals surface area contributed by atoms with Gasteiger partial charge in [-0.25, -0.2) is 0 Å². The number of aromatic hydroxyl groups is 1. The van der Waals surface area contributed by atoms with Gasteiger partial charge in [0.15, 0.2) is 5.13 Å². The van der Waals surface area contributed by atoms with Gasteiger partial charge in [-0.2, -0.15) is 4.98 Å². The number of thiazole rings is 1. The Bertz CT molecular complexity index is 790. The molecule has 0 atom stereocenters. The molecule has 0 unspecified atom stereocenters. The molecule has 0 saturated heterocycles. The molecule has 106 valence electrons. The van der Waals surface area contributed by atoms with Crippen LogP contribution in [0.25, 0.3) is 11.6 Å². The number of fused-ring (bicyclic) bond motifs is 1. The smallest absolute Gasteiger partial charge is 0.231 e. The minimum absolute atomic E-state index is 0.0894. The number of amides is 1. The van der Waals surface area contributed by atoms with Crippen molar-refractivity contribution in [1.29, 1.82) is 0 Å². The van der Waals surface area contributed by atoms with Gasteiger partial charge in [0, 0.05) is 23.8 Å². The number of aliphatic imine (C=N–C) groups is 1. The Morgan fingerprint density at radius 3 is 2.90 bits per heavy atom. The molecule has 3 rings (SSSR count). The van der Waals surface area contributed by atoms with E-state index in [2.05, 4.69) is 15.3 Å². The van der Waals surface area contributed by atoms with Gasteiger partial charge in [0.1, 0.15) is 0 Å². The topological polar surface area (TPSA) is 74.6 Å². The standard InChI is InChI=1S/C15H13N3O2S/c1-8-11(10-5-3-4-6-12(10)16-8)7-13-14(20)18-15(21-13)17-9(2)19/h3-7,20H,1-2H3,(H,17,18,19)/b11-7-. The van der Waals surface area contributed by atoms with Crippen molar-refractivity contribution in [2.45, 2.75) is 13.8 Å². The summed E-state index contributed by atoms with van der Waals surface area (Å²) >= 11 is 1.23. The molecule has 0 aliphatic carbocycles. The summed E-state index contributed by atoms with van der Waals surface area (Å²) in [5, 5.41) is 12.9. The molecule has 0 fully saturated rings. The van der Waals surface area contributed by atoms with E-state index in [0.29, 0.717) is 10.0 Å². The van der Waals surface area contributed by atoms with Crippen LogP contribution >= 0.6 is 11.3 Å². The fraction of sp³-hybridized carbons (Fsp3) is 0.133. The summed E-state index contributed by atoms with van der Waals surface area (Å²) in [5.74, 6) is -0.305. The fourth-order valence-corrected chi connectivity index (χ4v) is 3.02. The van der Waals surface area contributed by atoms with E-state index < -0.39 is 0 Å². The van der Waals surface area contributed by atoms with Crippen LogP contribution in [0.5, 0.6) is 5.88 Å². The van der Waals surface area contributed by atoms with Gasteiger partial charge in [-0.1, -0.05) is 29.5 Å². The van der Waals surface area contributed by atoms with Crippen LogP contribution in [0.15, 0.2) is 29.3 Å². The molecule has 2 N–H and O–H groups in total. The number of carbonyl (C=O) groups is 1. The monoisotopic (exact) mass is 299 g/mol. The largest absolute Gasteiger partial charge is 0.492 e. The lowest BCUT2D eigenvalue weighted by Crippen LogP contribution is -2.04. The van der Waals surface area contributed by atoms with E-state index in [-0.39, 0.29) is 11.8 Å². The van der Waals surface area contributed by atoms with Crippen LogP contribution in [-0.4, -0.2) is 21.7 Å². The van der Waals surface area contributed by atoms with Crippen LogP contribution in [0.4, 0.5) is 10.8 Å².